The van der Waals surface area contributed by atoms with Crippen LogP contribution in [0, 0.1) is 0 Å². The van der Waals surface area contributed by atoms with E-state index in [0.717, 1.165) is 44.9 Å². The van der Waals surface area contributed by atoms with Crippen molar-refractivity contribution < 1.29 is 47.2 Å². The van der Waals surface area contributed by atoms with E-state index in [1.165, 1.54) is 32.1 Å². The minimum Gasteiger partial charge on any atom is -0.756 e. The second-order valence-electron chi connectivity index (χ2n) is 14.5. The molecule has 0 fully saturated rings. The van der Waals surface area contributed by atoms with E-state index >= 15 is 0 Å². The van der Waals surface area contributed by atoms with Crippen LogP contribution in [0.3, 0.4) is 0 Å². The van der Waals surface area contributed by atoms with Crippen LogP contribution in [0.4, 0.5) is 0 Å². The van der Waals surface area contributed by atoms with Gasteiger partial charge >= 0.3 is 11.9 Å². The summed E-state index contributed by atoms with van der Waals surface area (Å²) in [6.45, 7) is 3.96. The number of carbonyl (C=O) groups excluding carboxylic acids is 2. The Hall–Kier alpha value is -2.33. The molecule has 10 nitrogen and oxygen atoms in total. The Labute approximate surface area is 322 Å². The van der Waals surface area contributed by atoms with E-state index in [1.54, 1.807) is 6.08 Å². The van der Waals surface area contributed by atoms with Gasteiger partial charge in [0.2, 0.25) is 0 Å². The van der Waals surface area contributed by atoms with Crippen molar-refractivity contribution in [2.24, 2.45) is 0 Å². The summed E-state index contributed by atoms with van der Waals surface area (Å²) in [6, 6.07) is 0. The highest BCUT2D eigenvalue weighted by Crippen LogP contribution is 2.38. The molecule has 306 valence electrons. The maximum Gasteiger partial charge on any atom is 0.306 e. The Morgan fingerprint density at radius 3 is 2.04 bits per heavy atom. The van der Waals surface area contributed by atoms with Crippen LogP contribution in [-0.2, 0) is 32.7 Å². The molecule has 0 aromatic heterocycles. The van der Waals surface area contributed by atoms with Crippen molar-refractivity contribution in [1.29, 1.82) is 0 Å². The maximum absolute atomic E-state index is 12.6. The van der Waals surface area contributed by atoms with E-state index in [9.17, 15) is 24.2 Å². The number of phosphoric acid groups is 1. The highest BCUT2D eigenvalue weighted by molar-refractivity contribution is 7.45. The fourth-order valence-corrected chi connectivity index (χ4v) is 5.55. The first kappa shape index (κ1) is 50.7. The minimum atomic E-state index is -4.65. The third-order valence-electron chi connectivity index (χ3n) is 8.09. The highest BCUT2D eigenvalue weighted by atomic mass is 31.2. The first-order chi connectivity index (χ1) is 25.4. The second kappa shape index (κ2) is 34.2. The van der Waals surface area contributed by atoms with Crippen LogP contribution in [0.15, 0.2) is 60.8 Å². The van der Waals surface area contributed by atoms with Gasteiger partial charge in [-0.1, -0.05) is 120 Å². The van der Waals surface area contributed by atoms with E-state index in [0.29, 0.717) is 43.1 Å². The van der Waals surface area contributed by atoms with Gasteiger partial charge in [-0.05, 0) is 64.2 Å². The molecule has 1 N–H and O–H groups in total. The number of allylic oxidation sites excluding steroid dienone is 8. The highest BCUT2D eigenvalue weighted by Gasteiger charge is 2.21. The summed E-state index contributed by atoms with van der Waals surface area (Å²) >= 11 is 0. The zero-order valence-electron chi connectivity index (χ0n) is 33.8. The predicted octanol–water partition coefficient (Wildman–Crippen LogP) is 9.24. The zero-order valence-corrected chi connectivity index (χ0v) is 34.7. The Morgan fingerprint density at radius 2 is 1.30 bits per heavy atom. The van der Waals surface area contributed by atoms with Crippen LogP contribution in [0.2, 0.25) is 0 Å². The maximum atomic E-state index is 12.6. The third kappa shape index (κ3) is 37.8. The van der Waals surface area contributed by atoms with Crippen molar-refractivity contribution >= 4 is 19.8 Å². The second-order valence-corrected chi connectivity index (χ2v) is 15.9. The number of likely N-dealkylation sites (N-methyl/N-ethyl adjacent to an activating group) is 1. The van der Waals surface area contributed by atoms with E-state index in [1.807, 2.05) is 57.6 Å². The largest absolute Gasteiger partial charge is 0.756 e. The number of aliphatic hydroxyl groups is 1. The van der Waals surface area contributed by atoms with Crippen molar-refractivity contribution in [1.82, 2.24) is 0 Å². The van der Waals surface area contributed by atoms with Gasteiger partial charge in [-0.15, -0.1) is 0 Å². The molecule has 0 saturated heterocycles. The molecule has 11 heteroatoms. The number of hydrogen-bond acceptors (Lipinski definition) is 9. The molecular weight excluding hydrogens is 693 g/mol. The fourth-order valence-electron chi connectivity index (χ4n) is 4.82. The topological polar surface area (TPSA) is 131 Å². The van der Waals surface area contributed by atoms with Crippen molar-refractivity contribution in [3.63, 3.8) is 0 Å². The molecule has 0 aliphatic heterocycles. The molecule has 53 heavy (non-hydrogen) atoms. The zero-order chi connectivity index (χ0) is 39.5. The van der Waals surface area contributed by atoms with Crippen molar-refractivity contribution in [3.8, 4) is 0 Å². The molecule has 0 aliphatic rings. The van der Waals surface area contributed by atoms with Crippen LogP contribution in [0.25, 0.3) is 0 Å². The van der Waals surface area contributed by atoms with Crippen LogP contribution >= 0.6 is 7.82 Å². The molecule has 0 aliphatic carbocycles. The molecule has 0 saturated carbocycles. The summed E-state index contributed by atoms with van der Waals surface area (Å²) in [6.07, 6.45) is 35.7. The molecule has 1 unspecified atom stereocenters. The first-order valence-corrected chi connectivity index (χ1v) is 21.6. The number of carbonyl (C=O) groups is 2. The molecule has 0 spiro atoms. The Morgan fingerprint density at radius 1 is 0.698 bits per heavy atom. The number of aliphatic hydroxyl groups excluding tert-OH is 1. The Kier molecular flexibility index (Phi) is 32.7. The van der Waals surface area contributed by atoms with E-state index in [2.05, 4.69) is 32.1 Å². The van der Waals surface area contributed by atoms with Crippen LogP contribution in [0.1, 0.15) is 136 Å². The molecule has 0 aromatic rings. The molecule has 0 aromatic carbocycles. The number of unbranched alkanes of at least 4 members (excludes halogenated alkanes) is 11. The fraction of sp³-hybridized carbons (Fsp3) is 0.714. The van der Waals surface area contributed by atoms with Crippen molar-refractivity contribution in [2.45, 2.75) is 148 Å². The molecule has 0 rings (SSSR count). The Bertz CT molecular complexity index is 1110. The number of esters is 2. The van der Waals surface area contributed by atoms with E-state index in [-0.39, 0.29) is 26.1 Å². The monoisotopic (exact) mass is 768 g/mol. The van der Waals surface area contributed by atoms with Gasteiger partial charge in [0.25, 0.3) is 7.82 Å². The molecule has 0 heterocycles. The van der Waals surface area contributed by atoms with Gasteiger partial charge in [-0.25, -0.2) is 0 Å². The Balaban J connectivity index is 4.60. The van der Waals surface area contributed by atoms with Gasteiger partial charge in [0.15, 0.2) is 6.10 Å². The number of hydrogen-bond donors (Lipinski definition) is 1. The standard InChI is InChI=1S/C42H74NO9P/c1-6-8-10-12-14-15-16-17-21-25-29-33-41(45)49-37-40(38-51-53(47,48)50-36-35-43(3,4)5)52-42(46)34-30-26-22-18-20-24-28-32-39(44)31-27-23-19-13-11-9-7-2/h12,14,18-19,22-24,27-28,31,39-40,44H,6-11,13,15-17,20-21,25-26,29-30,32-38H2,1-5H3/b14-12-,22-18+,23-19-,28-24-,31-27-/t39-,40+/m0/s1. The van der Waals surface area contributed by atoms with Crippen LogP contribution in [-0.4, -0.2) is 81.2 Å². The average molecular weight is 768 g/mol. The summed E-state index contributed by atoms with van der Waals surface area (Å²) in [5, 5.41) is 10.1. The lowest BCUT2D eigenvalue weighted by Gasteiger charge is -2.28. The lowest BCUT2D eigenvalue weighted by atomic mass is 10.1. The smallest absolute Gasteiger partial charge is 0.306 e. The molecule has 0 bridgehead atoms. The summed E-state index contributed by atoms with van der Waals surface area (Å²) in [7, 11) is 1.08. The summed E-state index contributed by atoms with van der Waals surface area (Å²) in [5.74, 6) is -0.961. The number of phosphoric ester groups is 1. The van der Waals surface area contributed by atoms with Crippen LogP contribution in [0.5, 0.6) is 0 Å². The van der Waals surface area contributed by atoms with Crippen molar-refractivity contribution in [3.05, 3.63) is 60.8 Å². The third-order valence-corrected chi connectivity index (χ3v) is 9.05. The quantitative estimate of drug-likeness (QED) is 0.0167. The van der Waals surface area contributed by atoms with Gasteiger partial charge in [-0.3, -0.25) is 14.2 Å². The normalized spacial score (nSPS) is 14.9. The number of quaternary nitrogens is 1. The van der Waals surface area contributed by atoms with Gasteiger partial charge in [0.05, 0.1) is 33.9 Å². The molecule has 3 atom stereocenters. The lowest BCUT2D eigenvalue weighted by molar-refractivity contribution is -0.870. The summed E-state index contributed by atoms with van der Waals surface area (Å²) in [5.41, 5.74) is 0. The van der Waals surface area contributed by atoms with Gasteiger partial charge in [0, 0.05) is 12.8 Å². The molecule has 0 amide bonds. The number of ether oxygens (including phenoxy) is 2. The summed E-state index contributed by atoms with van der Waals surface area (Å²) in [4.78, 5) is 37.3. The number of nitrogens with zero attached hydrogens (tertiary/aromatic N) is 1. The van der Waals surface area contributed by atoms with Gasteiger partial charge in [0.1, 0.15) is 19.8 Å². The first-order valence-electron chi connectivity index (χ1n) is 20.1. The SMILES string of the molecule is CCCC/C=C\CCCCCCCC(=O)OC[C@H](COP(=O)([O-])OCC[N+](C)(C)C)OC(=O)CCC/C=C/C/C=C\C[C@@H](O)/C=C\C=C/CCCCC. The molecule has 0 radical (unpaired) electrons. The summed E-state index contributed by atoms with van der Waals surface area (Å²) < 4.78 is 33.6. The lowest BCUT2D eigenvalue weighted by Crippen LogP contribution is -2.37. The minimum absolute atomic E-state index is 0.0564. The van der Waals surface area contributed by atoms with Gasteiger partial charge in [-0.2, -0.15) is 0 Å². The molecular formula is C42H74NO9P. The van der Waals surface area contributed by atoms with Gasteiger partial charge < -0.3 is 33.0 Å². The van der Waals surface area contributed by atoms with Crippen LogP contribution < -0.4 is 4.89 Å². The van der Waals surface area contributed by atoms with E-state index < -0.39 is 38.6 Å². The predicted molar refractivity (Wildman–Crippen MR) is 214 cm³/mol. The average Bonchev–Trinajstić information content (AvgIpc) is 3.10. The van der Waals surface area contributed by atoms with E-state index in [4.69, 9.17) is 18.5 Å². The number of rotatable bonds is 35. The van der Waals surface area contributed by atoms with Crippen molar-refractivity contribution in [2.75, 3.05) is 47.5 Å².